The van der Waals surface area contributed by atoms with Gasteiger partial charge >= 0.3 is 0 Å². The van der Waals surface area contributed by atoms with Gasteiger partial charge in [0, 0.05) is 25.4 Å². The summed E-state index contributed by atoms with van der Waals surface area (Å²) in [6.07, 6.45) is 1.61. The molecular weight excluding hydrogens is 333 g/mol. The lowest BCUT2D eigenvalue weighted by molar-refractivity contribution is 0.133. The Morgan fingerprint density at radius 1 is 1.00 bits per heavy atom. The Balaban J connectivity index is 1.65. The third-order valence-corrected chi connectivity index (χ3v) is 3.68. The molecule has 0 aliphatic heterocycles. The molecule has 0 fully saturated rings. The fraction of sp³-hybridized carbons (Fsp3) is 0.200. The topological polar surface area (TPSA) is 56.3 Å². The monoisotopic (exact) mass is 353 g/mol. The first-order chi connectivity index (χ1) is 12.7. The molecule has 2 aromatic carbocycles. The summed E-state index contributed by atoms with van der Waals surface area (Å²) >= 11 is 0. The zero-order valence-electron chi connectivity index (χ0n) is 14.5. The van der Waals surface area contributed by atoms with Crippen molar-refractivity contribution in [1.29, 1.82) is 0 Å². The van der Waals surface area contributed by atoms with E-state index in [0.717, 1.165) is 11.1 Å². The van der Waals surface area contributed by atoms with Crippen molar-refractivity contribution in [3.05, 3.63) is 77.7 Å². The number of ether oxygens (including phenoxy) is 2. The third kappa shape index (κ3) is 5.00. The summed E-state index contributed by atoms with van der Waals surface area (Å²) in [5, 5.41) is 3.20. The number of aromatic nitrogens is 2. The van der Waals surface area contributed by atoms with Crippen LogP contribution in [-0.2, 0) is 17.9 Å². The average molecular weight is 353 g/mol. The smallest absolute Gasteiger partial charge is 0.226 e. The van der Waals surface area contributed by atoms with Crippen molar-refractivity contribution in [3.8, 4) is 11.6 Å². The number of benzene rings is 2. The molecular formula is C20H20FN3O2. The van der Waals surface area contributed by atoms with Crippen molar-refractivity contribution in [2.24, 2.45) is 0 Å². The first-order valence-corrected chi connectivity index (χ1v) is 8.39. The molecule has 6 heteroatoms. The van der Waals surface area contributed by atoms with Crippen molar-refractivity contribution in [2.75, 3.05) is 11.9 Å². The van der Waals surface area contributed by atoms with Crippen LogP contribution < -0.4 is 10.1 Å². The molecule has 0 saturated carbocycles. The highest BCUT2D eigenvalue weighted by Gasteiger charge is 2.05. The molecule has 1 aromatic heterocycles. The average Bonchev–Trinajstić information content (AvgIpc) is 2.67. The summed E-state index contributed by atoms with van der Waals surface area (Å²) in [6, 6.07) is 15.5. The fourth-order valence-corrected chi connectivity index (χ4v) is 2.36. The van der Waals surface area contributed by atoms with Crippen LogP contribution in [0.25, 0.3) is 0 Å². The molecule has 0 atom stereocenters. The van der Waals surface area contributed by atoms with Crippen molar-refractivity contribution >= 4 is 5.95 Å². The summed E-state index contributed by atoms with van der Waals surface area (Å²) in [5.74, 6) is 1.04. The van der Waals surface area contributed by atoms with Gasteiger partial charge in [-0.05, 0) is 42.3 Å². The van der Waals surface area contributed by atoms with Gasteiger partial charge < -0.3 is 14.8 Å². The van der Waals surface area contributed by atoms with E-state index in [0.29, 0.717) is 37.3 Å². The van der Waals surface area contributed by atoms with Crippen molar-refractivity contribution in [3.63, 3.8) is 0 Å². The fourth-order valence-electron chi connectivity index (χ4n) is 2.36. The molecule has 5 nitrogen and oxygen atoms in total. The van der Waals surface area contributed by atoms with E-state index < -0.39 is 0 Å². The maximum atomic E-state index is 13.0. The maximum absolute atomic E-state index is 13.0. The largest absolute Gasteiger partial charge is 0.439 e. The summed E-state index contributed by atoms with van der Waals surface area (Å²) in [6.45, 7) is 3.79. The Morgan fingerprint density at radius 2 is 1.77 bits per heavy atom. The zero-order valence-corrected chi connectivity index (χ0v) is 14.5. The summed E-state index contributed by atoms with van der Waals surface area (Å²) in [5.41, 5.74) is 2.25. The SMILES string of the molecule is CCOCc1ccccc1CNc1nccc(Oc2ccc(F)cc2)n1. The molecule has 0 amide bonds. The van der Waals surface area contributed by atoms with Gasteiger partial charge in [-0.1, -0.05) is 24.3 Å². The normalized spacial score (nSPS) is 10.5. The van der Waals surface area contributed by atoms with Gasteiger partial charge in [-0.2, -0.15) is 4.98 Å². The van der Waals surface area contributed by atoms with Crippen LogP contribution in [0.3, 0.4) is 0 Å². The van der Waals surface area contributed by atoms with Crippen LogP contribution in [0.4, 0.5) is 10.3 Å². The van der Waals surface area contributed by atoms with Crippen LogP contribution in [0.2, 0.25) is 0 Å². The third-order valence-electron chi connectivity index (χ3n) is 3.68. The van der Waals surface area contributed by atoms with Crippen LogP contribution in [0.15, 0.2) is 60.8 Å². The lowest BCUT2D eigenvalue weighted by Crippen LogP contribution is -2.07. The van der Waals surface area contributed by atoms with Crippen LogP contribution in [0.5, 0.6) is 11.6 Å². The first-order valence-electron chi connectivity index (χ1n) is 8.39. The predicted molar refractivity (Wildman–Crippen MR) is 97.6 cm³/mol. The second-order valence-corrected chi connectivity index (χ2v) is 5.53. The van der Waals surface area contributed by atoms with Gasteiger partial charge in [-0.25, -0.2) is 9.37 Å². The predicted octanol–water partition coefficient (Wildman–Crippen LogP) is 4.56. The lowest BCUT2D eigenvalue weighted by Gasteiger charge is -2.11. The van der Waals surface area contributed by atoms with Crippen LogP contribution >= 0.6 is 0 Å². The zero-order chi connectivity index (χ0) is 18.2. The van der Waals surface area contributed by atoms with Gasteiger partial charge in [0.1, 0.15) is 11.6 Å². The van der Waals surface area contributed by atoms with Crippen molar-refractivity contribution in [1.82, 2.24) is 9.97 Å². The van der Waals surface area contributed by atoms with Crippen LogP contribution in [0.1, 0.15) is 18.1 Å². The molecule has 0 aliphatic carbocycles. The molecule has 1 heterocycles. The molecule has 0 saturated heterocycles. The Bertz CT molecular complexity index is 840. The summed E-state index contributed by atoms with van der Waals surface area (Å²) in [7, 11) is 0. The van der Waals surface area contributed by atoms with Crippen LogP contribution in [-0.4, -0.2) is 16.6 Å². The quantitative estimate of drug-likeness (QED) is 0.643. The number of hydrogen-bond acceptors (Lipinski definition) is 5. The molecule has 0 bridgehead atoms. The standard InChI is InChI=1S/C20H20FN3O2/c1-2-25-14-16-6-4-3-5-15(16)13-23-20-22-12-11-19(24-20)26-18-9-7-17(21)8-10-18/h3-12H,2,13-14H2,1H3,(H,22,23,24). The van der Waals surface area contributed by atoms with E-state index >= 15 is 0 Å². The van der Waals surface area contributed by atoms with Gasteiger partial charge in [0.05, 0.1) is 6.61 Å². The Morgan fingerprint density at radius 3 is 2.54 bits per heavy atom. The molecule has 0 radical (unpaired) electrons. The number of anilines is 1. The van der Waals surface area contributed by atoms with E-state index in [2.05, 4.69) is 15.3 Å². The van der Waals surface area contributed by atoms with E-state index in [1.54, 1.807) is 24.4 Å². The van der Waals surface area contributed by atoms with Gasteiger partial charge in [0.25, 0.3) is 0 Å². The van der Waals surface area contributed by atoms with Gasteiger partial charge in [0.2, 0.25) is 11.8 Å². The van der Waals surface area contributed by atoms with Gasteiger partial charge in [-0.15, -0.1) is 0 Å². The highest BCUT2D eigenvalue weighted by atomic mass is 19.1. The van der Waals surface area contributed by atoms with E-state index in [1.165, 1.54) is 12.1 Å². The second-order valence-electron chi connectivity index (χ2n) is 5.53. The molecule has 3 rings (SSSR count). The number of hydrogen-bond donors (Lipinski definition) is 1. The molecule has 134 valence electrons. The number of nitrogens with one attached hydrogen (secondary N) is 1. The summed E-state index contributed by atoms with van der Waals surface area (Å²) in [4.78, 5) is 8.54. The molecule has 0 aliphatic rings. The first kappa shape index (κ1) is 17.8. The molecule has 0 unspecified atom stereocenters. The van der Waals surface area contributed by atoms with E-state index in [9.17, 15) is 4.39 Å². The van der Waals surface area contributed by atoms with E-state index in [1.807, 2.05) is 31.2 Å². The molecule has 3 aromatic rings. The highest BCUT2D eigenvalue weighted by Crippen LogP contribution is 2.20. The van der Waals surface area contributed by atoms with E-state index in [4.69, 9.17) is 9.47 Å². The van der Waals surface area contributed by atoms with Crippen LogP contribution in [0, 0.1) is 5.82 Å². The minimum atomic E-state index is -0.312. The van der Waals surface area contributed by atoms with E-state index in [-0.39, 0.29) is 5.82 Å². The lowest BCUT2D eigenvalue weighted by atomic mass is 10.1. The Kier molecular flexibility index (Phi) is 6.11. The van der Waals surface area contributed by atoms with Gasteiger partial charge in [-0.3, -0.25) is 0 Å². The second kappa shape index (κ2) is 8.92. The minimum Gasteiger partial charge on any atom is -0.439 e. The number of rotatable bonds is 8. The van der Waals surface area contributed by atoms with Crippen molar-refractivity contribution in [2.45, 2.75) is 20.1 Å². The Hall–Kier alpha value is -2.99. The maximum Gasteiger partial charge on any atom is 0.226 e. The molecule has 0 spiro atoms. The Labute approximate surface area is 151 Å². The minimum absolute atomic E-state index is 0.312. The summed E-state index contributed by atoms with van der Waals surface area (Å²) < 4.78 is 24.1. The molecule has 26 heavy (non-hydrogen) atoms. The molecule has 1 N–H and O–H groups in total. The van der Waals surface area contributed by atoms with Crippen molar-refractivity contribution < 1.29 is 13.9 Å². The number of halogens is 1. The number of nitrogens with zero attached hydrogens (tertiary/aromatic N) is 2. The van der Waals surface area contributed by atoms with Gasteiger partial charge in [0.15, 0.2) is 0 Å². The highest BCUT2D eigenvalue weighted by molar-refractivity contribution is 5.34.